The van der Waals surface area contributed by atoms with Gasteiger partial charge in [0.1, 0.15) is 11.5 Å². The molecule has 7 rings (SSSR count). The van der Waals surface area contributed by atoms with Gasteiger partial charge in [-0.3, -0.25) is 0 Å². The van der Waals surface area contributed by atoms with Crippen molar-refractivity contribution in [1.29, 1.82) is 0 Å². The third-order valence-corrected chi connectivity index (χ3v) is 10.7. The van der Waals surface area contributed by atoms with E-state index in [1.165, 1.54) is 22.3 Å². The highest BCUT2D eigenvalue weighted by Gasteiger charge is 2.19. The molecule has 0 unspecified atom stereocenters. The van der Waals surface area contributed by atoms with E-state index >= 15 is 0 Å². The van der Waals surface area contributed by atoms with Gasteiger partial charge in [-0.25, -0.2) is 0 Å². The summed E-state index contributed by atoms with van der Waals surface area (Å²) in [6.45, 7) is 14.6. The lowest BCUT2D eigenvalue weighted by Gasteiger charge is -2.29. The molecule has 284 valence electrons. The van der Waals surface area contributed by atoms with Gasteiger partial charge in [-0.1, -0.05) is 91.0 Å². The van der Waals surface area contributed by atoms with Crippen molar-refractivity contribution in [2.45, 2.75) is 48.5 Å². The van der Waals surface area contributed by atoms with Crippen LogP contribution in [0.15, 0.2) is 140 Å². The van der Waals surface area contributed by atoms with E-state index in [4.69, 9.17) is 0 Å². The first-order valence-corrected chi connectivity index (χ1v) is 19.5. The molecule has 57 heavy (non-hydrogen) atoms. The Morgan fingerprint density at radius 2 is 0.825 bits per heavy atom. The molecule has 0 saturated carbocycles. The van der Waals surface area contributed by atoms with E-state index in [2.05, 4.69) is 184 Å². The SMILES string of the molecule is Cc1cccc(N(c2ccc(C=Cc3ccc(C=Cc4ccc(N(c5cccc(C)c5)c5cccc(O)c5C)c(C)c4)c(C)c3)c(C)c2)c2cccc(O)c2C)c1. The Bertz CT molecular complexity index is 2650. The topological polar surface area (TPSA) is 46.9 Å². The number of anilines is 6. The predicted molar refractivity (Wildman–Crippen MR) is 243 cm³/mol. The average molecular weight is 747 g/mol. The van der Waals surface area contributed by atoms with Gasteiger partial charge >= 0.3 is 0 Å². The number of nitrogens with zero attached hydrogens (tertiary/aromatic N) is 2. The molecule has 7 aromatic carbocycles. The molecular formula is C53H50N2O2. The fourth-order valence-corrected chi connectivity index (χ4v) is 7.46. The van der Waals surface area contributed by atoms with Gasteiger partial charge in [0, 0.05) is 33.9 Å². The fourth-order valence-electron chi connectivity index (χ4n) is 7.46. The van der Waals surface area contributed by atoms with Crippen molar-refractivity contribution in [1.82, 2.24) is 0 Å². The van der Waals surface area contributed by atoms with Gasteiger partial charge in [-0.05, 0) is 171 Å². The van der Waals surface area contributed by atoms with Crippen LogP contribution in [0.4, 0.5) is 34.1 Å². The molecule has 0 radical (unpaired) electrons. The lowest BCUT2D eigenvalue weighted by atomic mass is 10.0. The average Bonchev–Trinajstić information content (AvgIpc) is 3.18. The van der Waals surface area contributed by atoms with Gasteiger partial charge in [0.05, 0.1) is 11.4 Å². The Morgan fingerprint density at radius 3 is 1.35 bits per heavy atom. The Balaban J connectivity index is 1.10. The van der Waals surface area contributed by atoms with E-state index in [9.17, 15) is 10.2 Å². The molecule has 7 aromatic rings. The van der Waals surface area contributed by atoms with E-state index in [0.717, 1.165) is 73.1 Å². The molecule has 0 fully saturated rings. The second-order valence-corrected chi connectivity index (χ2v) is 15.1. The highest BCUT2D eigenvalue weighted by molar-refractivity contribution is 5.84. The number of hydrogen-bond acceptors (Lipinski definition) is 4. The molecule has 0 atom stereocenters. The molecule has 4 heteroatoms. The summed E-state index contributed by atoms with van der Waals surface area (Å²) in [5.41, 5.74) is 18.2. The molecule has 0 aliphatic heterocycles. The van der Waals surface area contributed by atoms with E-state index < -0.39 is 0 Å². The molecule has 0 amide bonds. The van der Waals surface area contributed by atoms with Crippen molar-refractivity contribution in [3.05, 3.63) is 201 Å². The van der Waals surface area contributed by atoms with Crippen LogP contribution in [-0.2, 0) is 0 Å². The van der Waals surface area contributed by atoms with Crippen molar-refractivity contribution in [3.8, 4) is 11.5 Å². The highest BCUT2D eigenvalue weighted by atomic mass is 16.3. The molecule has 4 nitrogen and oxygen atoms in total. The molecule has 0 aromatic heterocycles. The smallest absolute Gasteiger partial charge is 0.120 e. The summed E-state index contributed by atoms with van der Waals surface area (Å²) in [7, 11) is 0. The predicted octanol–water partition coefficient (Wildman–Crippen LogP) is 14.5. The van der Waals surface area contributed by atoms with Crippen LogP contribution < -0.4 is 9.80 Å². The van der Waals surface area contributed by atoms with Crippen molar-refractivity contribution in [3.63, 3.8) is 0 Å². The first-order chi connectivity index (χ1) is 27.5. The molecule has 0 aliphatic carbocycles. The summed E-state index contributed by atoms with van der Waals surface area (Å²) < 4.78 is 0. The summed E-state index contributed by atoms with van der Waals surface area (Å²) in [6, 6.07) is 48.0. The minimum atomic E-state index is 0.283. The second-order valence-electron chi connectivity index (χ2n) is 15.1. The first kappa shape index (κ1) is 38.5. The quantitative estimate of drug-likeness (QED) is 0.137. The number of benzene rings is 7. The van der Waals surface area contributed by atoms with Gasteiger partial charge in [0.2, 0.25) is 0 Å². The van der Waals surface area contributed by atoms with Crippen molar-refractivity contribution in [2.75, 3.05) is 9.80 Å². The molecule has 0 saturated heterocycles. The number of phenols is 2. The molecule has 0 spiro atoms. The van der Waals surface area contributed by atoms with Crippen LogP contribution in [0.3, 0.4) is 0 Å². The van der Waals surface area contributed by atoms with E-state index in [0.29, 0.717) is 0 Å². The summed E-state index contributed by atoms with van der Waals surface area (Å²) in [5, 5.41) is 21.2. The highest BCUT2D eigenvalue weighted by Crippen LogP contribution is 2.42. The zero-order valence-electron chi connectivity index (χ0n) is 33.9. The van der Waals surface area contributed by atoms with Gasteiger partial charge in [-0.2, -0.15) is 0 Å². The third kappa shape index (κ3) is 8.41. The van der Waals surface area contributed by atoms with Crippen molar-refractivity contribution in [2.24, 2.45) is 0 Å². The van der Waals surface area contributed by atoms with Crippen LogP contribution in [0.1, 0.15) is 61.2 Å². The van der Waals surface area contributed by atoms with Gasteiger partial charge in [0.15, 0.2) is 0 Å². The van der Waals surface area contributed by atoms with Crippen LogP contribution >= 0.6 is 0 Å². The summed E-state index contributed by atoms with van der Waals surface area (Å²) in [6.07, 6.45) is 8.72. The molecule has 0 aliphatic rings. The molecule has 0 heterocycles. The minimum absolute atomic E-state index is 0.283. The van der Waals surface area contributed by atoms with Crippen LogP contribution in [-0.4, -0.2) is 10.2 Å². The normalized spacial score (nSPS) is 11.4. The minimum Gasteiger partial charge on any atom is -0.508 e. The third-order valence-electron chi connectivity index (χ3n) is 10.7. The first-order valence-electron chi connectivity index (χ1n) is 19.5. The van der Waals surface area contributed by atoms with Crippen molar-refractivity contribution >= 4 is 58.4 Å². The molecule has 0 bridgehead atoms. The maximum atomic E-state index is 10.6. The number of hydrogen-bond donors (Lipinski definition) is 2. The largest absolute Gasteiger partial charge is 0.508 e. The fraction of sp³-hybridized carbons (Fsp3) is 0.132. The monoisotopic (exact) mass is 746 g/mol. The molecule has 2 N–H and O–H groups in total. The summed E-state index contributed by atoms with van der Waals surface area (Å²) >= 11 is 0. The number of aryl methyl sites for hydroxylation is 5. The Kier molecular flexibility index (Phi) is 11.2. The van der Waals surface area contributed by atoms with Gasteiger partial charge in [0.25, 0.3) is 0 Å². The summed E-state index contributed by atoms with van der Waals surface area (Å²) in [4.78, 5) is 4.45. The zero-order valence-corrected chi connectivity index (χ0v) is 33.9. The van der Waals surface area contributed by atoms with Crippen LogP contribution in [0.2, 0.25) is 0 Å². The zero-order chi connectivity index (χ0) is 40.2. The standard InChI is InChI=1S/C53H50N2O2/c1-35-12-8-14-46(30-35)54(50-16-10-18-52(56)40(50)6)48-28-27-45(38(4)34-48)26-21-42-20-24-44(37(3)32-42)25-22-43-23-29-49(39(5)33-43)55(47-15-9-13-36(2)31-47)51-17-11-19-53(57)41(51)7/h8-34,56-57H,1-7H3. The number of phenolic OH excluding ortho intramolecular Hbond substituents is 2. The van der Waals surface area contributed by atoms with Crippen LogP contribution in [0.5, 0.6) is 11.5 Å². The van der Waals surface area contributed by atoms with E-state index in [1.807, 2.05) is 26.0 Å². The maximum Gasteiger partial charge on any atom is 0.120 e. The Hall–Kier alpha value is -6.78. The number of rotatable bonds is 10. The second kappa shape index (κ2) is 16.5. The Labute approximate surface area is 338 Å². The van der Waals surface area contributed by atoms with Crippen LogP contribution in [0.25, 0.3) is 24.3 Å². The lowest BCUT2D eigenvalue weighted by molar-refractivity contribution is 0.471. The lowest BCUT2D eigenvalue weighted by Crippen LogP contribution is -2.13. The molecular weight excluding hydrogens is 697 g/mol. The van der Waals surface area contributed by atoms with E-state index in [-0.39, 0.29) is 11.5 Å². The summed E-state index contributed by atoms with van der Waals surface area (Å²) in [5.74, 6) is 0.566. The van der Waals surface area contributed by atoms with Crippen LogP contribution in [0, 0.1) is 48.5 Å². The van der Waals surface area contributed by atoms with Crippen molar-refractivity contribution < 1.29 is 10.2 Å². The van der Waals surface area contributed by atoms with E-state index in [1.54, 1.807) is 12.1 Å². The number of aromatic hydroxyl groups is 2. The maximum absolute atomic E-state index is 10.6. The van der Waals surface area contributed by atoms with Gasteiger partial charge in [-0.15, -0.1) is 0 Å². The Morgan fingerprint density at radius 1 is 0.368 bits per heavy atom. The van der Waals surface area contributed by atoms with Gasteiger partial charge < -0.3 is 20.0 Å².